The number of fused-ring (bicyclic) bond motifs is 1. The Balaban J connectivity index is 1.98. The predicted octanol–water partition coefficient (Wildman–Crippen LogP) is 0.277. The lowest BCUT2D eigenvalue weighted by Gasteiger charge is -2.27. The van der Waals surface area contributed by atoms with Gasteiger partial charge in [-0.05, 0) is 6.07 Å². The van der Waals surface area contributed by atoms with Gasteiger partial charge in [0.2, 0.25) is 5.88 Å². The molecule has 1 saturated heterocycles. The van der Waals surface area contributed by atoms with Crippen LogP contribution in [0.2, 0.25) is 0 Å². The average molecular weight is 297 g/mol. The van der Waals surface area contributed by atoms with Gasteiger partial charge < -0.3 is 9.84 Å². The molecule has 0 atom stereocenters. The van der Waals surface area contributed by atoms with Gasteiger partial charge in [0.15, 0.2) is 0 Å². The minimum atomic E-state index is -3.89. The van der Waals surface area contributed by atoms with E-state index in [0.717, 1.165) is 3.97 Å². The summed E-state index contributed by atoms with van der Waals surface area (Å²) in [4.78, 5) is 2.46. The lowest BCUT2D eigenvalue weighted by molar-refractivity contribution is 0.0270. The van der Waals surface area contributed by atoms with Gasteiger partial charge >= 0.3 is 10.2 Å². The lowest BCUT2D eigenvalue weighted by atomic mass is 10.3. The van der Waals surface area contributed by atoms with Crippen molar-refractivity contribution in [1.29, 1.82) is 0 Å². The van der Waals surface area contributed by atoms with Gasteiger partial charge in [-0.25, -0.2) is 5.01 Å². The molecule has 2 aromatic rings. The summed E-state index contributed by atoms with van der Waals surface area (Å²) in [6, 6.07) is 8.33. The molecule has 1 aliphatic rings. The molecule has 0 amide bonds. The van der Waals surface area contributed by atoms with Gasteiger partial charge in [0.25, 0.3) is 0 Å². The van der Waals surface area contributed by atoms with Crippen molar-refractivity contribution in [2.75, 3.05) is 26.3 Å². The Bertz CT molecular complexity index is 719. The van der Waals surface area contributed by atoms with Crippen LogP contribution in [0.5, 0.6) is 5.88 Å². The highest BCUT2D eigenvalue weighted by molar-refractivity contribution is 7.88. The molecular weight excluding hydrogens is 282 g/mol. The number of morpholine rings is 1. The van der Waals surface area contributed by atoms with Crippen molar-refractivity contribution >= 4 is 21.1 Å². The predicted molar refractivity (Wildman–Crippen MR) is 73.4 cm³/mol. The fourth-order valence-electron chi connectivity index (χ4n) is 2.23. The van der Waals surface area contributed by atoms with E-state index < -0.39 is 10.2 Å². The molecule has 0 unspecified atom stereocenters. The van der Waals surface area contributed by atoms with Crippen LogP contribution in [0, 0.1) is 0 Å². The van der Waals surface area contributed by atoms with Crippen molar-refractivity contribution in [2.24, 2.45) is 0 Å². The van der Waals surface area contributed by atoms with Gasteiger partial charge in [-0.2, -0.15) is 12.4 Å². The van der Waals surface area contributed by atoms with E-state index in [-0.39, 0.29) is 5.88 Å². The van der Waals surface area contributed by atoms with Crippen LogP contribution >= 0.6 is 0 Å². The maximum atomic E-state index is 12.4. The fraction of sp³-hybridized carbons (Fsp3) is 0.333. The van der Waals surface area contributed by atoms with Gasteiger partial charge in [-0.3, -0.25) is 0 Å². The normalized spacial score (nSPS) is 17.6. The average Bonchev–Trinajstić information content (AvgIpc) is 2.75. The summed E-state index contributed by atoms with van der Waals surface area (Å²) >= 11 is 0. The zero-order valence-electron chi connectivity index (χ0n) is 10.7. The summed E-state index contributed by atoms with van der Waals surface area (Å²) in [6.45, 7) is 1.89. The summed E-state index contributed by atoms with van der Waals surface area (Å²) in [7, 11) is -3.89. The van der Waals surface area contributed by atoms with E-state index in [1.807, 2.05) is 0 Å². The van der Waals surface area contributed by atoms with Crippen molar-refractivity contribution in [1.82, 2.24) is 13.8 Å². The van der Waals surface area contributed by atoms with Crippen molar-refractivity contribution in [3.8, 4) is 5.88 Å². The zero-order valence-corrected chi connectivity index (χ0v) is 11.5. The summed E-state index contributed by atoms with van der Waals surface area (Å²) < 4.78 is 30.9. The second kappa shape index (κ2) is 5.06. The third-order valence-corrected chi connectivity index (χ3v) is 4.50. The Morgan fingerprint density at radius 2 is 1.90 bits per heavy atom. The topological polar surface area (TPSA) is 83.8 Å². The largest absolute Gasteiger partial charge is 0.494 e. The Morgan fingerprint density at radius 3 is 2.65 bits per heavy atom. The molecule has 0 saturated carbocycles. The van der Waals surface area contributed by atoms with Crippen LogP contribution in [0.3, 0.4) is 0 Å². The molecule has 0 aliphatic carbocycles. The molecule has 7 nitrogen and oxygen atoms in total. The molecule has 1 aromatic carbocycles. The van der Waals surface area contributed by atoms with Gasteiger partial charge in [0.05, 0.1) is 18.7 Å². The van der Waals surface area contributed by atoms with E-state index >= 15 is 0 Å². The molecule has 1 fully saturated rings. The maximum Gasteiger partial charge on any atom is 0.321 e. The number of aromatic hydroxyl groups is 1. The third-order valence-electron chi connectivity index (χ3n) is 3.14. The molecule has 0 spiro atoms. The molecule has 0 bridgehead atoms. The summed E-state index contributed by atoms with van der Waals surface area (Å²) in [6.07, 6.45) is 0. The van der Waals surface area contributed by atoms with Crippen molar-refractivity contribution in [3.63, 3.8) is 0 Å². The van der Waals surface area contributed by atoms with Crippen molar-refractivity contribution < 1.29 is 18.3 Å². The molecule has 20 heavy (non-hydrogen) atoms. The van der Waals surface area contributed by atoms with Crippen LogP contribution in [-0.2, 0) is 14.9 Å². The van der Waals surface area contributed by atoms with Crippen LogP contribution in [-0.4, -0.2) is 48.8 Å². The van der Waals surface area contributed by atoms with Crippen LogP contribution in [0.4, 0.5) is 0 Å². The van der Waals surface area contributed by atoms with E-state index in [1.54, 1.807) is 29.3 Å². The fourth-order valence-corrected chi connectivity index (χ4v) is 3.54. The molecule has 3 rings (SSSR count). The van der Waals surface area contributed by atoms with E-state index in [2.05, 4.69) is 4.83 Å². The van der Waals surface area contributed by atoms with Gasteiger partial charge in [-0.1, -0.05) is 18.2 Å². The second-order valence-corrected chi connectivity index (χ2v) is 6.02. The highest BCUT2D eigenvalue weighted by atomic mass is 32.2. The van der Waals surface area contributed by atoms with Gasteiger partial charge in [0, 0.05) is 24.5 Å². The van der Waals surface area contributed by atoms with Gasteiger partial charge in [0.1, 0.15) is 0 Å². The molecule has 2 N–H and O–H groups in total. The minimum absolute atomic E-state index is 0.313. The van der Waals surface area contributed by atoms with Crippen LogP contribution < -0.4 is 4.83 Å². The number of hydrogen-bond donors (Lipinski definition) is 2. The zero-order chi connectivity index (χ0) is 14.2. The minimum Gasteiger partial charge on any atom is -0.494 e. The molecular formula is C12H15N3O4S. The second-order valence-electron chi connectivity index (χ2n) is 4.52. The quantitative estimate of drug-likeness (QED) is 0.850. The summed E-state index contributed by atoms with van der Waals surface area (Å²) in [5.41, 5.74) is 0.436. The first-order valence-electron chi connectivity index (χ1n) is 6.23. The van der Waals surface area contributed by atoms with E-state index in [0.29, 0.717) is 37.2 Å². The maximum absolute atomic E-state index is 12.4. The number of para-hydroxylation sites is 1. The third kappa shape index (κ3) is 2.38. The van der Waals surface area contributed by atoms with Crippen LogP contribution in [0.25, 0.3) is 10.9 Å². The molecule has 1 aromatic heterocycles. The smallest absolute Gasteiger partial charge is 0.321 e. The first-order chi connectivity index (χ1) is 9.58. The van der Waals surface area contributed by atoms with Crippen LogP contribution in [0.1, 0.15) is 0 Å². The van der Waals surface area contributed by atoms with E-state index in [9.17, 15) is 13.5 Å². The standard InChI is InChI=1S/C12H15N3O4S/c16-12-9-10-3-1-2-4-11(10)15(12)20(17,18)13-14-5-7-19-8-6-14/h1-4,9,13,16H,5-8H2. The van der Waals surface area contributed by atoms with E-state index in [4.69, 9.17) is 4.74 Å². The SMILES string of the molecule is O=S(=O)(NN1CCOCC1)n1c(O)cc2ccccc21. The number of aromatic nitrogens is 1. The number of hydrazine groups is 1. The summed E-state index contributed by atoms with van der Waals surface area (Å²) in [5, 5.41) is 12.1. The van der Waals surface area contributed by atoms with Gasteiger partial charge in [-0.15, -0.1) is 4.83 Å². The monoisotopic (exact) mass is 297 g/mol. The number of nitrogens with zero attached hydrogens (tertiary/aromatic N) is 2. The van der Waals surface area contributed by atoms with E-state index in [1.165, 1.54) is 6.07 Å². The molecule has 0 radical (unpaired) electrons. The molecule has 1 aliphatic heterocycles. The first kappa shape index (κ1) is 13.4. The van der Waals surface area contributed by atoms with Crippen LogP contribution in [0.15, 0.2) is 30.3 Å². The lowest BCUT2D eigenvalue weighted by Crippen LogP contribution is -2.49. The highest BCUT2D eigenvalue weighted by Crippen LogP contribution is 2.25. The number of benzene rings is 1. The molecule has 108 valence electrons. The Kier molecular flexibility index (Phi) is 3.38. The summed E-state index contributed by atoms with van der Waals surface area (Å²) in [5.74, 6) is -0.313. The Morgan fingerprint density at radius 1 is 1.20 bits per heavy atom. The number of nitrogens with one attached hydrogen (secondary N) is 1. The Hall–Kier alpha value is -1.61. The Labute approximate surface area is 116 Å². The molecule has 2 heterocycles. The highest BCUT2D eigenvalue weighted by Gasteiger charge is 2.23. The van der Waals surface area contributed by atoms with Crippen molar-refractivity contribution in [2.45, 2.75) is 0 Å². The number of hydrogen-bond acceptors (Lipinski definition) is 5. The first-order valence-corrected chi connectivity index (χ1v) is 7.67. The molecule has 8 heteroatoms. The number of ether oxygens (including phenoxy) is 1. The number of rotatable bonds is 3. The van der Waals surface area contributed by atoms with Crippen molar-refractivity contribution in [3.05, 3.63) is 30.3 Å².